The zero-order chi connectivity index (χ0) is 14.7. The van der Waals surface area contributed by atoms with E-state index in [-0.39, 0.29) is 5.69 Å². The summed E-state index contributed by atoms with van der Waals surface area (Å²) in [7, 11) is 0. The van der Waals surface area contributed by atoms with Gasteiger partial charge in [0.2, 0.25) is 5.91 Å². The van der Waals surface area contributed by atoms with Crippen molar-refractivity contribution < 1.29 is 19.6 Å². The number of nitro groups is 1. The van der Waals surface area contributed by atoms with Crippen molar-refractivity contribution in [3.63, 3.8) is 0 Å². The summed E-state index contributed by atoms with van der Waals surface area (Å²) in [6, 6.07) is 5.58. The summed E-state index contributed by atoms with van der Waals surface area (Å²) in [5.41, 5.74) is 0.184. The highest BCUT2D eigenvalue weighted by atomic mass is 16.6. The summed E-state index contributed by atoms with van der Waals surface area (Å²) >= 11 is 0. The number of carboxylic acids is 1. The lowest BCUT2D eigenvalue weighted by Gasteiger charge is -2.15. The van der Waals surface area contributed by atoms with Gasteiger partial charge in [0.15, 0.2) is 0 Å². The molecular weight excluding hydrogens is 264 g/mol. The molecule has 1 amide bonds. The van der Waals surface area contributed by atoms with Crippen LogP contribution >= 0.6 is 0 Å². The highest BCUT2D eigenvalue weighted by molar-refractivity contribution is 5.95. The van der Waals surface area contributed by atoms with Crippen molar-refractivity contribution >= 4 is 23.3 Å². The number of nitro benzene ring substituents is 1. The molecule has 0 bridgehead atoms. The predicted molar refractivity (Wildman–Crippen MR) is 70.2 cm³/mol. The summed E-state index contributed by atoms with van der Waals surface area (Å²) in [5.74, 6) is -2.61. The molecule has 20 heavy (non-hydrogen) atoms. The quantitative estimate of drug-likeness (QED) is 0.646. The Morgan fingerprint density at radius 1 is 1.30 bits per heavy atom. The van der Waals surface area contributed by atoms with Crippen molar-refractivity contribution in [1.82, 2.24) is 0 Å². The zero-order valence-corrected chi connectivity index (χ0v) is 10.6. The van der Waals surface area contributed by atoms with Crippen molar-refractivity contribution in [3.8, 4) is 0 Å². The number of anilines is 1. The van der Waals surface area contributed by atoms with Crippen molar-refractivity contribution in [2.75, 3.05) is 5.32 Å². The van der Waals surface area contributed by atoms with Crippen LogP contribution in [-0.4, -0.2) is 21.9 Å². The number of non-ortho nitro benzene ring substituents is 1. The third-order valence-electron chi connectivity index (χ3n) is 3.49. The maximum Gasteiger partial charge on any atom is 0.307 e. The molecule has 0 heterocycles. The first kappa shape index (κ1) is 14.0. The Morgan fingerprint density at radius 2 is 2.00 bits per heavy atom. The lowest BCUT2D eigenvalue weighted by Crippen LogP contribution is -2.29. The molecule has 1 saturated carbocycles. The molecule has 0 spiro atoms. The first-order chi connectivity index (χ1) is 9.49. The predicted octanol–water partition coefficient (Wildman–Crippen LogP) is 2.03. The number of amides is 1. The average molecular weight is 278 g/mol. The van der Waals surface area contributed by atoms with E-state index >= 15 is 0 Å². The fourth-order valence-electron chi connectivity index (χ4n) is 2.50. The van der Waals surface area contributed by atoms with E-state index in [1.54, 1.807) is 0 Å². The van der Waals surface area contributed by atoms with Crippen LogP contribution in [-0.2, 0) is 9.59 Å². The minimum atomic E-state index is -0.971. The molecule has 0 radical (unpaired) electrons. The summed E-state index contributed by atoms with van der Waals surface area (Å²) in [5, 5.41) is 22.3. The molecular formula is C13H14N2O5. The van der Waals surface area contributed by atoms with Crippen LogP contribution in [0, 0.1) is 22.0 Å². The Hall–Kier alpha value is -2.44. The van der Waals surface area contributed by atoms with Gasteiger partial charge in [0.1, 0.15) is 0 Å². The van der Waals surface area contributed by atoms with Crippen molar-refractivity contribution in [3.05, 3.63) is 34.4 Å². The fourth-order valence-corrected chi connectivity index (χ4v) is 2.50. The topological polar surface area (TPSA) is 110 Å². The highest BCUT2D eigenvalue weighted by Crippen LogP contribution is 2.33. The molecule has 2 atom stereocenters. The van der Waals surface area contributed by atoms with Gasteiger partial charge in [0.05, 0.1) is 16.8 Å². The monoisotopic (exact) mass is 278 g/mol. The number of hydrogen-bond donors (Lipinski definition) is 2. The molecule has 7 heteroatoms. The number of nitrogens with zero attached hydrogens (tertiary/aromatic N) is 1. The Bertz CT molecular complexity index is 557. The van der Waals surface area contributed by atoms with Gasteiger partial charge < -0.3 is 10.4 Å². The molecule has 1 aliphatic rings. The molecule has 1 fully saturated rings. The summed E-state index contributed by atoms with van der Waals surface area (Å²) in [6.45, 7) is 0. The summed E-state index contributed by atoms with van der Waals surface area (Å²) in [4.78, 5) is 33.2. The number of carbonyl (C=O) groups is 2. The maximum absolute atomic E-state index is 12.1. The van der Waals surface area contributed by atoms with Gasteiger partial charge >= 0.3 is 5.97 Å². The highest BCUT2D eigenvalue weighted by Gasteiger charge is 2.37. The van der Waals surface area contributed by atoms with Crippen LogP contribution in [0.1, 0.15) is 19.3 Å². The number of hydrogen-bond acceptors (Lipinski definition) is 4. The SMILES string of the molecule is O=C(O)C1CCCC1C(=O)Nc1cccc([N+](=O)[O-])c1. The van der Waals surface area contributed by atoms with Crippen LogP contribution in [0.15, 0.2) is 24.3 Å². The van der Waals surface area contributed by atoms with Crippen LogP contribution in [0.2, 0.25) is 0 Å². The normalized spacial score (nSPS) is 21.4. The van der Waals surface area contributed by atoms with Crippen molar-refractivity contribution in [2.24, 2.45) is 11.8 Å². The molecule has 1 aliphatic carbocycles. The van der Waals surface area contributed by atoms with Crippen LogP contribution in [0.25, 0.3) is 0 Å². The van der Waals surface area contributed by atoms with E-state index in [2.05, 4.69) is 5.32 Å². The van der Waals surface area contributed by atoms with Gasteiger partial charge in [0, 0.05) is 17.8 Å². The molecule has 2 unspecified atom stereocenters. The number of aliphatic carboxylic acids is 1. The molecule has 7 nitrogen and oxygen atoms in total. The number of rotatable bonds is 4. The van der Waals surface area contributed by atoms with E-state index in [1.807, 2.05) is 0 Å². The lowest BCUT2D eigenvalue weighted by molar-refractivity contribution is -0.384. The first-order valence-electron chi connectivity index (χ1n) is 6.27. The van der Waals surface area contributed by atoms with E-state index in [0.717, 1.165) is 0 Å². The Kier molecular flexibility index (Phi) is 3.97. The smallest absolute Gasteiger partial charge is 0.307 e. The van der Waals surface area contributed by atoms with Crippen molar-refractivity contribution in [1.29, 1.82) is 0 Å². The second kappa shape index (κ2) is 5.68. The van der Waals surface area contributed by atoms with Crippen LogP contribution < -0.4 is 5.32 Å². The molecule has 106 valence electrons. The van der Waals surface area contributed by atoms with E-state index in [0.29, 0.717) is 24.9 Å². The molecule has 0 saturated heterocycles. The standard InChI is InChI=1S/C13H14N2O5/c16-12(10-5-2-6-11(10)13(17)18)14-8-3-1-4-9(7-8)15(19)20/h1,3-4,7,10-11H,2,5-6H2,(H,14,16)(H,17,18). The number of carboxylic acid groups (broad SMARTS) is 1. The molecule has 0 aromatic heterocycles. The zero-order valence-electron chi connectivity index (χ0n) is 10.6. The second-order valence-corrected chi connectivity index (χ2v) is 4.78. The fraction of sp³-hybridized carbons (Fsp3) is 0.385. The van der Waals surface area contributed by atoms with E-state index < -0.39 is 28.6 Å². The first-order valence-corrected chi connectivity index (χ1v) is 6.27. The minimum absolute atomic E-state index is 0.121. The molecule has 1 aromatic rings. The second-order valence-electron chi connectivity index (χ2n) is 4.78. The number of benzene rings is 1. The Labute approximate surface area is 114 Å². The van der Waals surface area contributed by atoms with Gasteiger partial charge in [0.25, 0.3) is 5.69 Å². The van der Waals surface area contributed by atoms with E-state index in [4.69, 9.17) is 5.11 Å². The number of carbonyl (C=O) groups excluding carboxylic acids is 1. The van der Waals surface area contributed by atoms with Crippen LogP contribution in [0.5, 0.6) is 0 Å². The van der Waals surface area contributed by atoms with E-state index in [1.165, 1.54) is 24.3 Å². The third-order valence-corrected chi connectivity index (χ3v) is 3.49. The lowest BCUT2D eigenvalue weighted by atomic mass is 9.95. The largest absolute Gasteiger partial charge is 0.481 e. The minimum Gasteiger partial charge on any atom is -0.481 e. The Morgan fingerprint density at radius 3 is 2.65 bits per heavy atom. The third kappa shape index (κ3) is 2.93. The summed E-state index contributed by atoms with van der Waals surface area (Å²) < 4.78 is 0. The van der Waals surface area contributed by atoms with Crippen LogP contribution in [0.3, 0.4) is 0 Å². The van der Waals surface area contributed by atoms with Gasteiger partial charge in [-0.25, -0.2) is 0 Å². The maximum atomic E-state index is 12.1. The van der Waals surface area contributed by atoms with Crippen LogP contribution in [0.4, 0.5) is 11.4 Å². The van der Waals surface area contributed by atoms with Gasteiger partial charge in [-0.1, -0.05) is 12.5 Å². The van der Waals surface area contributed by atoms with Gasteiger partial charge in [-0.3, -0.25) is 19.7 Å². The van der Waals surface area contributed by atoms with Crippen molar-refractivity contribution in [2.45, 2.75) is 19.3 Å². The summed E-state index contributed by atoms with van der Waals surface area (Å²) in [6.07, 6.45) is 1.71. The molecule has 2 N–H and O–H groups in total. The average Bonchev–Trinajstić information content (AvgIpc) is 2.88. The Balaban J connectivity index is 2.09. The van der Waals surface area contributed by atoms with E-state index in [9.17, 15) is 19.7 Å². The molecule has 2 rings (SSSR count). The molecule has 1 aromatic carbocycles. The number of nitrogens with one attached hydrogen (secondary N) is 1. The van der Waals surface area contributed by atoms with Gasteiger partial charge in [-0.05, 0) is 18.9 Å². The molecule has 0 aliphatic heterocycles. The van der Waals surface area contributed by atoms with Gasteiger partial charge in [-0.2, -0.15) is 0 Å². The van der Waals surface area contributed by atoms with Gasteiger partial charge in [-0.15, -0.1) is 0 Å².